The molecular weight excluding hydrogens is 132 g/mol. The van der Waals surface area contributed by atoms with Crippen molar-refractivity contribution in [2.24, 2.45) is 4.99 Å². The van der Waals surface area contributed by atoms with E-state index in [0.717, 1.165) is 0 Å². The van der Waals surface area contributed by atoms with Crippen molar-refractivity contribution in [3.63, 3.8) is 0 Å². The van der Waals surface area contributed by atoms with Crippen LogP contribution in [-0.4, -0.2) is 18.2 Å². The summed E-state index contributed by atoms with van der Waals surface area (Å²) < 4.78 is 4.63. The van der Waals surface area contributed by atoms with Crippen molar-refractivity contribution in [3.05, 3.63) is 11.3 Å². The summed E-state index contributed by atoms with van der Waals surface area (Å²) in [7, 11) is 0. The Morgan fingerprint density at radius 2 is 2.50 bits per heavy atom. The molecule has 0 saturated carbocycles. The Balaban J connectivity index is 3.25. The molecule has 4 nitrogen and oxygen atoms in total. The van der Waals surface area contributed by atoms with Gasteiger partial charge in [0.15, 0.2) is 6.29 Å². The number of carbonyl (C=O) groups is 1. The van der Waals surface area contributed by atoms with Crippen molar-refractivity contribution < 1.29 is 9.32 Å². The maximum atomic E-state index is 10.3. The zero-order valence-electron chi connectivity index (χ0n) is 5.50. The fourth-order valence-electron chi connectivity index (χ4n) is 0.615. The molecule has 4 heteroatoms. The Hall–Kier alpha value is -1.45. The SMILES string of the molecule is C=Nc1onc(C)c1C=O. The summed E-state index contributed by atoms with van der Waals surface area (Å²) in [5.74, 6) is 0.188. The smallest absolute Gasteiger partial charge is 0.260 e. The molecule has 0 unspecified atom stereocenters. The Kier molecular flexibility index (Phi) is 1.62. The average Bonchev–Trinajstić information content (AvgIpc) is 2.30. The Bertz CT molecular complexity index is 265. The third-order valence-corrected chi connectivity index (χ3v) is 1.15. The lowest BCUT2D eigenvalue weighted by Crippen LogP contribution is -1.79. The van der Waals surface area contributed by atoms with Crippen LogP contribution in [0.15, 0.2) is 9.52 Å². The molecule has 0 aliphatic heterocycles. The van der Waals surface area contributed by atoms with Crippen LogP contribution in [0.3, 0.4) is 0 Å². The Labute approximate surface area is 57.5 Å². The number of hydrogen-bond acceptors (Lipinski definition) is 4. The molecule has 0 amide bonds. The number of carbonyl (C=O) groups excluding carboxylic acids is 1. The van der Waals surface area contributed by atoms with Crippen molar-refractivity contribution in [3.8, 4) is 0 Å². The van der Waals surface area contributed by atoms with Crippen LogP contribution in [0.4, 0.5) is 5.88 Å². The van der Waals surface area contributed by atoms with E-state index >= 15 is 0 Å². The molecule has 0 aromatic carbocycles. The lowest BCUT2D eigenvalue weighted by Gasteiger charge is -1.80. The second kappa shape index (κ2) is 2.43. The zero-order valence-corrected chi connectivity index (χ0v) is 5.50. The van der Waals surface area contributed by atoms with Gasteiger partial charge in [-0.05, 0) is 13.6 Å². The van der Waals surface area contributed by atoms with Gasteiger partial charge in [0.1, 0.15) is 5.56 Å². The summed E-state index contributed by atoms with van der Waals surface area (Å²) in [5, 5.41) is 3.52. The van der Waals surface area contributed by atoms with Crippen molar-refractivity contribution in [2.45, 2.75) is 6.92 Å². The molecule has 0 fully saturated rings. The number of aldehydes is 1. The molecule has 52 valence electrons. The maximum absolute atomic E-state index is 10.3. The average molecular weight is 138 g/mol. The molecule has 0 spiro atoms. The highest BCUT2D eigenvalue weighted by molar-refractivity contribution is 5.82. The fourth-order valence-corrected chi connectivity index (χ4v) is 0.615. The number of aromatic nitrogens is 1. The van der Waals surface area contributed by atoms with E-state index in [-0.39, 0.29) is 5.88 Å². The topological polar surface area (TPSA) is 55.5 Å². The summed E-state index contributed by atoms with van der Waals surface area (Å²) in [5.41, 5.74) is 0.910. The molecule has 1 rings (SSSR count). The molecule has 1 aromatic heterocycles. The van der Waals surface area contributed by atoms with E-state index in [1.54, 1.807) is 6.92 Å². The first kappa shape index (κ1) is 6.67. The number of rotatable bonds is 2. The first-order chi connectivity index (χ1) is 4.79. The molecule has 0 saturated heterocycles. The molecular formula is C6H6N2O2. The van der Waals surface area contributed by atoms with Crippen LogP contribution in [-0.2, 0) is 0 Å². The van der Waals surface area contributed by atoms with Crippen molar-refractivity contribution in [1.82, 2.24) is 5.16 Å². The normalized spacial score (nSPS) is 9.30. The van der Waals surface area contributed by atoms with E-state index in [9.17, 15) is 4.79 Å². The van der Waals surface area contributed by atoms with Gasteiger partial charge in [0.25, 0.3) is 5.88 Å². The monoisotopic (exact) mass is 138 g/mol. The minimum absolute atomic E-state index is 0.188. The highest BCUT2D eigenvalue weighted by Crippen LogP contribution is 2.18. The van der Waals surface area contributed by atoms with Gasteiger partial charge in [-0.15, -0.1) is 0 Å². The van der Waals surface area contributed by atoms with E-state index in [2.05, 4.69) is 21.4 Å². The maximum Gasteiger partial charge on any atom is 0.260 e. The summed E-state index contributed by atoms with van der Waals surface area (Å²) in [6.07, 6.45) is 0.649. The second-order valence-electron chi connectivity index (χ2n) is 1.76. The van der Waals surface area contributed by atoms with Gasteiger partial charge >= 0.3 is 0 Å². The van der Waals surface area contributed by atoms with Gasteiger partial charge in [-0.25, -0.2) is 4.99 Å². The number of aryl methyl sites for hydroxylation is 1. The number of hydrogen-bond donors (Lipinski definition) is 0. The third-order valence-electron chi connectivity index (χ3n) is 1.15. The Morgan fingerprint density at radius 3 is 2.90 bits per heavy atom. The van der Waals surface area contributed by atoms with E-state index < -0.39 is 0 Å². The highest BCUT2D eigenvalue weighted by atomic mass is 16.5. The fraction of sp³-hybridized carbons (Fsp3) is 0.167. The van der Waals surface area contributed by atoms with Gasteiger partial charge in [0, 0.05) is 0 Å². The van der Waals surface area contributed by atoms with Crippen molar-refractivity contribution >= 4 is 18.9 Å². The lowest BCUT2D eigenvalue weighted by molar-refractivity contribution is 0.112. The van der Waals surface area contributed by atoms with Gasteiger partial charge in [-0.2, -0.15) is 0 Å². The summed E-state index contributed by atoms with van der Waals surface area (Å²) >= 11 is 0. The number of nitrogens with zero attached hydrogens (tertiary/aromatic N) is 2. The standard InChI is InChI=1S/C6H6N2O2/c1-4-5(3-9)6(7-2)10-8-4/h3H,2H2,1H3. The molecule has 0 radical (unpaired) electrons. The largest absolute Gasteiger partial charge is 0.335 e. The van der Waals surface area contributed by atoms with Crippen molar-refractivity contribution in [1.29, 1.82) is 0 Å². The van der Waals surface area contributed by atoms with Gasteiger partial charge in [-0.3, -0.25) is 4.79 Å². The molecule has 0 bridgehead atoms. The van der Waals surface area contributed by atoms with E-state index in [1.165, 1.54) is 0 Å². The number of aliphatic imine (C=N–C) groups is 1. The van der Waals surface area contributed by atoms with Crippen LogP contribution in [0.25, 0.3) is 0 Å². The van der Waals surface area contributed by atoms with Crippen LogP contribution in [0, 0.1) is 6.92 Å². The molecule has 1 heterocycles. The molecule has 0 N–H and O–H groups in total. The molecule has 1 aromatic rings. The highest BCUT2D eigenvalue weighted by Gasteiger charge is 2.08. The molecule has 0 aliphatic carbocycles. The van der Waals surface area contributed by atoms with Crippen LogP contribution in [0.1, 0.15) is 16.1 Å². The Morgan fingerprint density at radius 1 is 1.80 bits per heavy atom. The first-order valence-corrected chi connectivity index (χ1v) is 2.67. The van der Waals surface area contributed by atoms with Gasteiger partial charge in [-0.1, -0.05) is 5.16 Å². The lowest BCUT2D eigenvalue weighted by atomic mass is 10.3. The minimum Gasteiger partial charge on any atom is -0.335 e. The first-order valence-electron chi connectivity index (χ1n) is 2.67. The summed E-state index contributed by atoms with van der Waals surface area (Å²) in [4.78, 5) is 13.7. The summed E-state index contributed by atoms with van der Waals surface area (Å²) in [6.45, 7) is 4.88. The van der Waals surface area contributed by atoms with E-state index in [0.29, 0.717) is 17.5 Å². The van der Waals surface area contributed by atoms with Crippen LogP contribution >= 0.6 is 0 Å². The predicted molar refractivity (Wildman–Crippen MR) is 35.8 cm³/mol. The van der Waals surface area contributed by atoms with Gasteiger partial charge in [0.2, 0.25) is 0 Å². The van der Waals surface area contributed by atoms with Crippen LogP contribution in [0.2, 0.25) is 0 Å². The van der Waals surface area contributed by atoms with E-state index in [1.807, 2.05) is 0 Å². The van der Waals surface area contributed by atoms with Crippen LogP contribution in [0.5, 0.6) is 0 Å². The van der Waals surface area contributed by atoms with Gasteiger partial charge in [0.05, 0.1) is 5.69 Å². The molecule has 0 aliphatic rings. The quantitative estimate of drug-likeness (QED) is 0.454. The second-order valence-corrected chi connectivity index (χ2v) is 1.76. The van der Waals surface area contributed by atoms with Gasteiger partial charge < -0.3 is 4.52 Å². The van der Waals surface area contributed by atoms with Crippen LogP contribution < -0.4 is 0 Å². The predicted octanol–water partition coefficient (Wildman–Crippen LogP) is 1.13. The molecule has 0 atom stereocenters. The van der Waals surface area contributed by atoms with Crippen molar-refractivity contribution in [2.75, 3.05) is 0 Å². The van der Waals surface area contributed by atoms with E-state index in [4.69, 9.17) is 0 Å². The minimum atomic E-state index is 0.188. The summed E-state index contributed by atoms with van der Waals surface area (Å²) in [6, 6.07) is 0. The zero-order chi connectivity index (χ0) is 7.56. The third kappa shape index (κ3) is 0.834. The molecule has 10 heavy (non-hydrogen) atoms.